The van der Waals surface area contributed by atoms with Gasteiger partial charge in [0.1, 0.15) is 29.7 Å². The van der Waals surface area contributed by atoms with Crippen molar-refractivity contribution in [2.75, 3.05) is 11.4 Å². The quantitative estimate of drug-likeness (QED) is 0.184. The van der Waals surface area contributed by atoms with Gasteiger partial charge in [0.15, 0.2) is 0 Å². The van der Waals surface area contributed by atoms with Crippen LogP contribution >= 0.6 is 0 Å². The minimum Gasteiger partial charge on any atom is -0.441 e. The summed E-state index contributed by atoms with van der Waals surface area (Å²) in [5.74, 6) is -0.299. The number of aliphatic imine (C=N–C) groups is 2. The highest BCUT2D eigenvalue weighted by molar-refractivity contribution is 6.02. The molecule has 1 atom stereocenters. The summed E-state index contributed by atoms with van der Waals surface area (Å²) < 4.78 is 84.1. The average molecular weight is 567 g/mol. The summed E-state index contributed by atoms with van der Waals surface area (Å²) in [6, 6.07) is 13.3. The van der Waals surface area contributed by atoms with Gasteiger partial charge < -0.3 is 15.2 Å². The molecule has 3 aromatic rings. The van der Waals surface area contributed by atoms with Crippen LogP contribution in [0.25, 0.3) is 0 Å². The molecule has 2 aromatic carbocycles. The Morgan fingerprint density at radius 2 is 1.68 bits per heavy atom. The molecule has 0 saturated heterocycles. The van der Waals surface area contributed by atoms with Crippen molar-refractivity contribution in [3.63, 3.8) is 0 Å². The number of ether oxygens (including phenoxy) is 2. The predicted octanol–water partition coefficient (Wildman–Crippen LogP) is 6.79. The number of pyridine rings is 1. The topological polar surface area (TPSA) is 102 Å². The van der Waals surface area contributed by atoms with Crippen LogP contribution in [0.2, 0.25) is 0 Å². The fourth-order valence-electron chi connectivity index (χ4n) is 3.29. The first-order chi connectivity index (χ1) is 18.8. The van der Waals surface area contributed by atoms with E-state index in [1.54, 1.807) is 31.2 Å². The van der Waals surface area contributed by atoms with Crippen molar-refractivity contribution in [3.05, 3.63) is 83.7 Å². The van der Waals surface area contributed by atoms with Crippen LogP contribution in [0, 0.1) is 0 Å². The second kappa shape index (κ2) is 12.5. The molecule has 0 fully saturated rings. The van der Waals surface area contributed by atoms with Crippen LogP contribution in [-0.4, -0.2) is 36.2 Å². The van der Waals surface area contributed by atoms with Crippen LogP contribution < -0.4 is 15.4 Å². The fraction of sp³-hybridized carbons (Fsp3) is 0.231. The van der Waals surface area contributed by atoms with E-state index in [9.17, 15) is 31.1 Å². The summed E-state index contributed by atoms with van der Waals surface area (Å²) in [6.45, 7) is 3.47. The highest BCUT2D eigenvalue weighted by Crippen LogP contribution is 2.29. The van der Waals surface area contributed by atoms with Gasteiger partial charge >= 0.3 is 18.6 Å². The summed E-state index contributed by atoms with van der Waals surface area (Å²) in [5.41, 5.74) is 6.50. The molecule has 0 aliphatic carbocycles. The molecule has 1 aromatic heterocycles. The fourth-order valence-corrected chi connectivity index (χ4v) is 3.29. The number of carbonyl (C=O) groups is 1. The number of benzene rings is 2. The normalized spacial score (nSPS) is 13.2. The average Bonchev–Trinajstić information content (AvgIpc) is 2.89. The lowest BCUT2D eigenvalue weighted by Crippen LogP contribution is -2.32. The predicted molar refractivity (Wildman–Crippen MR) is 136 cm³/mol. The van der Waals surface area contributed by atoms with Crippen LogP contribution in [0.5, 0.6) is 5.75 Å². The smallest absolute Gasteiger partial charge is 0.441 e. The molecule has 0 aliphatic rings. The second-order valence-electron chi connectivity index (χ2n) is 8.09. The Bertz CT molecular complexity index is 1340. The molecule has 0 bridgehead atoms. The van der Waals surface area contributed by atoms with Crippen molar-refractivity contribution >= 4 is 29.6 Å². The van der Waals surface area contributed by atoms with Crippen molar-refractivity contribution in [2.45, 2.75) is 32.5 Å². The van der Waals surface area contributed by atoms with E-state index >= 15 is 0 Å². The molecule has 3 rings (SSSR count). The van der Waals surface area contributed by atoms with E-state index in [0.717, 1.165) is 30.7 Å². The maximum absolute atomic E-state index is 12.7. The zero-order chi connectivity index (χ0) is 29.5. The molecule has 0 spiro atoms. The minimum atomic E-state index is -4.79. The number of carbonyl (C=O) groups excluding carboxylic acids is 1. The van der Waals surface area contributed by atoms with Crippen molar-refractivity contribution in [2.24, 2.45) is 15.7 Å². The van der Waals surface area contributed by atoms with Crippen molar-refractivity contribution in [1.29, 1.82) is 0 Å². The monoisotopic (exact) mass is 567 g/mol. The number of nitrogens with zero attached hydrogens (tertiary/aromatic N) is 4. The van der Waals surface area contributed by atoms with E-state index in [-0.39, 0.29) is 18.1 Å². The molecule has 0 saturated carbocycles. The van der Waals surface area contributed by atoms with Crippen LogP contribution in [0.4, 0.5) is 42.5 Å². The molecular weight excluding hydrogens is 544 g/mol. The van der Waals surface area contributed by atoms with Gasteiger partial charge in [-0.05, 0) is 68.4 Å². The van der Waals surface area contributed by atoms with Gasteiger partial charge in [0.05, 0.1) is 5.69 Å². The minimum absolute atomic E-state index is 0.0846. The molecule has 1 heterocycles. The Labute approximate surface area is 224 Å². The maximum atomic E-state index is 12.7. The van der Waals surface area contributed by atoms with Crippen molar-refractivity contribution < 1.29 is 40.6 Å². The second-order valence-corrected chi connectivity index (χ2v) is 8.09. The first kappa shape index (κ1) is 29.9. The maximum Gasteiger partial charge on any atom is 0.573 e. The van der Waals surface area contributed by atoms with Crippen LogP contribution in [0.3, 0.4) is 0 Å². The Balaban J connectivity index is 1.62. The Morgan fingerprint density at radius 1 is 1.02 bits per heavy atom. The molecule has 8 nitrogen and oxygen atoms in total. The third-order valence-electron chi connectivity index (χ3n) is 5.31. The number of rotatable bonds is 8. The molecule has 1 unspecified atom stereocenters. The first-order valence-corrected chi connectivity index (χ1v) is 11.6. The molecule has 40 heavy (non-hydrogen) atoms. The van der Waals surface area contributed by atoms with Gasteiger partial charge in [-0.1, -0.05) is 6.07 Å². The number of hydrogen-bond donors (Lipinski definition) is 1. The highest BCUT2D eigenvalue weighted by atomic mass is 19.4. The van der Waals surface area contributed by atoms with Crippen molar-refractivity contribution in [1.82, 2.24) is 4.98 Å². The van der Waals surface area contributed by atoms with E-state index in [1.807, 2.05) is 0 Å². The standard InChI is InChI=1S/C26H23F6N5O3/c1-3-37(24(38)39-16(2)18-6-13-22(34-14-18)25(27,28)29)20-9-4-17(5-10-20)23(33)36-15-35-19-7-11-21(12-8-19)40-26(30,31)32/h4-16H,3H2,1-2H3,(H2,33,35,36). The SMILES string of the molecule is CCN(C(=O)OC(C)c1ccc(C(F)(F)F)nc1)c1ccc(C(N)=NC=Nc2ccc(OC(F)(F)F)cc2)cc1. The number of nitrogens with two attached hydrogens (primary N) is 1. The van der Waals surface area contributed by atoms with Crippen LogP contribution in [0.15, 0.2) is 76.8 Å². The molecule has 1 amide bonds. The van der Waals surface area contributed by atoms with Gasteiger partial charge in [0, 0.05) is 29.6 Å². The molecule has 212 valence electrons. The largest absolute Gasteiger partial charge is 0.573 e. The number of aromatic nitrogens is 1. The summed E-state index contributed by atoms with van der Waals surface area (Å²) in [6.07, 6.45) is -8.80. The zero-order valence-electron chi connectivity index (χ0n) is 21.1. The van der Waals surface area contributed by atoms with Crippen molar-refractivity contribution in [3.8, 4) is 5.75 Å². The summed E-state index contributed by atoms with van der Waals surface area (Å²) >= 11 is 0. The molecule has 14 heteroatoms. The highest BCUT2D eigenvalue weighted by Gasteiger charge is 2.32. The van der Waals surface area contributed by atoms with Gasteiger partial charge in [-0.15, -0.1) is 13.2 Å². The van der Waals surface area contributed by atoms with E-state index in [0.29, 0.717) is 22.5 Å². The van der Waals surface area contributed by atoms with Gasteiger partial charge in [-0.25, -0.2) is 14.8 Å². The van der Waals surface area contributed by atoms with E-state index in [2.05, 4.69) is 19.7 Å². The molecule has 0 aliphatic heterocycles. The van der Waals surface area contributed by atoms with Gasteiger partial charge in [0.2, 0.25) is 0 Å². The molecule has 2 N–H and O–H groups in total. The van der Waals surface area contributed by atoms with Crippen LogP contribution in [0.1, 0.15) is 36.8 Å². The zero-order valence-corrected chi connectivity index (χ0v) is 21.1. The number of alkyl halides is 6. The molecular formula is C26H23F6N5O3. The lowest BCUT2D eigenvalue weighted by atomic mass is 10.1. The summed E-state index contributed by atoms with van der Waals surface area (Å²) in [7, 11) is 0. The summed E-state index contributed by atoms with van der Waals surface area (Å²) in [4.78, 5) is 25.4. The van der Waals surface area contributed by atoms with E-state index in [1.165, 1.54) is 30.0 Å². The Morgan fingerprint density at radius 3 is 2.20 bits per heavy atom. The summed E-state index contributed by atoms with van der Waals surface area (Å²) in [5, 5.41) is 0. The Kier molecular flexibility index (Phi) is 9.35. The third kappa shape index (κ3) is 8.44. The van der Waals surface area contributed by atoms with Crippen LogP contribution in [-0.2, 0) is 10.9 Å². The lowest BCUT2D eigenvalue weighted by Gasteiger charge is -2.23. The Hall–Kier alpha value is -4.62. The van der Waals surface area contributed by atoms with Gasteiger partial charge in [-0.2, -0.15) is 13.2 Å². The first-order valence-electron chi connectivity index (χ1n) is 11.6. The number of hydrogen-bond acceptors (Lipinski definition) is 5. The number of anilines is 1. The number of amides is 1. The van der Waals surface area contributed by atoms with E-state index < -0.39 is 30.4 Å². The van der Waals surface area contributed by atoms with Gasteiger partial charge in [-0.3, -0.25) is 9.88 Å². The molecule has 0 radical (unpaired) electrons. The lowest BCUT2D eigenvalue weighted by molar-refractivity contribution is -0.274. The van der Waals surface area contributed by atoms with Gasteiger partial charge in [0.25, 0.3) is 0 Å². The van der Waals surface area contributed by atoms with E-state index in [4.69, 9.17) is 10.5 Å². The number of amidine groups is 1. The number of halogens is 6. The third-order valence-corrected chi connectivity index (χ3v) is 5.31.